The number of hydrogen-bond donors (Lipinski definition) is 1. The summed E-state index contributed by atoms with van der Waals surface area (Å²) >= 11 is 3.54. The highest BCUT2D eigenvalue weighted by molar-refractivity contribution is 9.10. The molecule has 17 heavy (non-hydrogen) atoms. The molecule has 2 N–H and O–H groups in total. The van der Waals surface area contributed by atoms with Gasteiger partial charge in [0.2, 0.25) is 0 Å². The molecule has 0 aromatic heterocycles. The predicted octanol–water partition coefficient (Wildman–Crippen LogP) is 2.52. The van der Waals surface area contributed by atoms with Crippen molar-refractivity contribution in [3.8, 4) is 0 Å². The normalized spacial score (nSPS) is 17.5. The van der Waals surface area contributed by atoms with E-state index >= 15 is 0 Å². The molecule has 3 nitrogen and oxygen atoms in total. The lowest BCUT2D eigenvalue weighted by atomic mass is 10.1. The van der Waals surface area contributed by atoms with Gasteiger partial charge in [0.25, 0.3) is 0 Å². The molecule has 4 heteroatoms. The predicted molar refractivity (Wildman–Crippen MR) is 74.3 cm³/mol. The maximum absolute atomic E-state index is 5.70. The Morgan fingerprint density at radius 3 is 2.65 bits per heavy atom. The summed E-state index contributed by atoms with van der Waals surface area (Å²) in [5, 5.41) is 0. The summed E-state index contributed by atoms with van der Waals surface area (Å²) in [7, 11) is 1.80. The van der Waals surface area contributed by atoms with E-state index in [0.717, 1.165) is 30.4 Å². The van der Waals surface area contributed by atoms with E-state index in [4.69, 9.17) is 10.5 Å². The van der Waals surface area contributed by atoms with Crippen LogP contribution in [0.4, 0.5) is 5.69 Å². The maximum atomic E-state index is 5.70. The number of benzene rings is 1. The molecule has 0 bridgehead atoms. The highest BCUT2D eigenvalue weighted by Crippen LogP contribution is 2.26. The van der Waals surface area contributed by atoms with Gasteiger partial charge < -0.3 is 15.4 Å². The Kier molecular flexibility index (Phi) is 4.42. The number of ether oxygens (including phenoxy) is 1. The lowest BCUT2D eigenvalue weighted by molar-refractivity contribution is 0.0819. The second-order valence-electron chi connectivity index (χ2n) is 4.44. The van der Waals surface area contributed by atoms with Crippen LogP contribution in [0.2, 0.25) is 0 Å². The molecule has 0 atom stereocenters. The molecule has 0 radical (unpaired) electrons. The van der Waals surface area contributed by atoms with Crippen LogP contribution < -0.4 is 10.6 Å². The Labute approximate surface area is 111 Å². The largest absolute Gasteiger partial charge is 0.381 e. The molecule has 1 aromatic rings. The third-order valence-corrected chi connectivity index (χ3v) is 3.78. The molecule has 0 spiro atoms. The minimum absolute atomic E-state index is 0.424. The van der Waals surface area contributed by atoms with Gasteiger partial charge >= 0.3 is 0 Å². The lowest BCUT2D eigenvalue weighted by Crippen LogP contribution is -2.36. The fraction of sp³-hybridized carbons (Fsp3) is 0.538. The first-order valence-corrected chi connectivity index (χ1v) is 6.79. The Hall–Kier alpha value is -0.580. The van der Waals surface area contributed by atoms with Crippen molar-refractivity contribution in [1.82, 2.24) is 0 Å². The van der Waals surface area contributed by atoms with E-state index in [9.17, 15) is 0 Å². The number of anilines is 1. The summed E-state index contributed by atoms with van der Waals surface area (Å²) in [5.74, 6) is 0. The Balaban J connectivity index is 2.10. The van der Waals surface area contributed by atoms with Gasteiger partial charge in [-0.3, -0.25) is 0 Å². The molecule has 1 aliphatic rings. The molecule has 1 aliphatic heterocycles. The number of nitrogens with two attached hydrogens (primary N) is 1. The van der Waals surface area contributed by atoms with E-state index in [0.29, 0.717) is 12.6 Å². The zero-order valence-corrected chi connectivity index (χ0v) is 11.7. The van der Waals surface area contributed by atoms with E-state index in [-0.39, 0.29) is 0 Å². The average Bonchev–Trinajstić information content (AvgIpc) is 2.38. The van der Waals surface area contributed by atoms with Crippen LogP contribution in [-0.2, 0) is 11.3 Å². The smallest absolute Gasteiger partial charge is 0.0605 e. The SMILES string of the molecule is COC1CCN(c2cc(Br)cc(CN)c2)CC1. The molecule has 1 heterocycles. The van der Waals surface area contributed by atoms with Gasteiger partial charge in [0.15, 0.2) is 0 Å². The third-order valence-electron chi connectivity index (χ3n) is 3.32. The first-order valence-electron chi connectivity index (χ1n) is 6.00. The second-order valence-corrected chi connectivity index (χ2v) is 5.36. The number of halogens is 1. The first-order chi connectivity index (χ1) is 8.22. The van der Waals surface area contributed by atoms with Gasteiger partial charge in [-0.25, -0.2) is 0 Å². The Morgan fingerprint density at radius 2 is 2.06 bits per heavy atom. The van der Waals surface area contributed by atoms with Crippen LogP contribution in [0, 0.1) is 0 Å². The molecular weight excluding hydrogens is 280 g/mol. The number of nitrogens with zero attached hydrogens (tertiary/aromatic N) is 1. The van der Waals surface area contributed by atoms with Crippen molar-refractivity contribution in [2.75, 3.05) is 25.1 Å². The van der Waals surface area contributed by atoms with Gasteiger partial charge in [-0.05, 0) is 36.6 Å². The fourth-order valence-corrected chi connectivity index (χ4v) is 2.81. The summed E-state index contributed by atoms with van der Waals surface area (Å²) in [4.78, 5) is 2.40. The van der Waals surface area contributed by atoms with Crippen LogP contribution in [0.3, 0.4) is 0 Å². The minimum Gasteiger partial charge on any atom is -0.381 e. The number of piperidine rings is 1. The molecule has 0 aliphatic carbocycles. The highest BCUT2D eigenvalue weighted by Gasteiger charge is 2.19. The van der Waals surface area contributed by atoms with E-state index in [1.165, 1.54) is 11.3 Å². The van der Waals surface area contributed by atoms with Gasteiger partial charge in [-0.15, -0.1) is 0 Å². The van der Waals surface area contributed by atoms with Crippen molar-refractivity contribution in [2.45, 2.75) is 25.5 Å². The van der Waals surface area contributed by atoms with Gasteiger partial charge in [-0.1, -0.05) is 15.9 Å². The minimum atomic E-state index is 0.424. The van der Waals surface area contributed by atoms with Crippen LogP contribution in [-0.4, -0.2) is 26.3 Å². The van der Waals surface area contributed by atoms with Crippen LogP contribution in [0.1, 0.15) is 18.4 Å². The van der Waals surface area contributed by atoms with Gasteiger partial charge in [0, 0.05) is 36.9 Å². The Morgan fingerprint density at radius 1 is 1.35 bits per heavy atom. The molecule has 2 rings (SSSR count). The molecule has 1 saturated heterocycles. The first kappa shape index (κ1) is 12.9. The van der Waals surface area contributed by atoms with Crippen molar-refractivity contribution in [3.05, 3.63) is 28.2 Å². The molecule has 1 fully saturated rings. The molecule has 0 amide bonds. The van der Waals surface area contributed by atoms with E-state index in [2.05, 4.69) is 39.0 Å². The number of hydrogen-bond acceptors (Lipinski definition) is 3. The van der Waals surface area contributed by atoms with Crippen LogP contribution in [0.5, 0.6) is 0 Å². The van der Waals surface area contributed by atoms with E-state index < -0.39 is 0 Å². The molecule has 0 saturated carbocycles. The molecule has 1 aromatic carbocycles. The second kappa shape index (κ2) is 5.85. The maximum Gasteiger partial charge on any atom is 0.0605 e. The van der Waals surface area contributed by atoms with Crippen molar-refractivity contribution >= 4 is 21.6 Å². The molecule has 94 valence electrons. The summed E-state index contributed by atoms with van der Waals surface area (Å²) in [5.41, 5.74) is 8.13. The number of rotatable bonds is 3. The van der Waals surface area contributed by atoms with Crippen molar-refractivity contribution < 1.29 is 4.74 Å². The van der Waals surface area contributed by atoms with Crippen molar-refractivity contribution in [3.63, 3.8) is 0 Å². The summed E-state index contributed by atoms with van der Waals surface area (Å²) in [6.45, 7) is 2.69. The van der Waals surface area contributed by atoms with E-state index in [1.54, 1.807) is 7.11 Å². The monoisotopic (exact) mass is 298 g/mol. The average molecular weight is 299 g/mol. The third kappa shape index (κ3) is 3.21. The van der Waals surface area contributed by atoms with Crippen molar-refractivity contribution in [2.24, 2.45) is 5.73 Å². The van der Waals surface area contributed by atoms with Gasteiger partial charge in [0.1, 0.15) is 0 Å². The van der Waals surface area contributed by atoms with Gasteiger partial charge in [-0.2, -0.15) is 0 Å². The van der Waals surface area contributed by atoms with Gasteiger partial charge in [0.05, 0.1) is 6.10 Å². The van der Waals surface area contributed by atoms with Crippen molar-refractivity contribution in [1.29, 1.82) is 0 Å². The van der Waals surface area contributed by atoms with E-state index in [1.807, 2.05) is 0 Å². The van der Waals surface area contributed by atoms with Crippen LogP contribution in [0.15, 0.2) is 22.7 Å². The molecular formula is C13H19BrN2O. The van der Waals surface area contributed by atoms with Crippen LogP contribution >= 0.6 is 15.9 Å². The zero-order valence-electron chi connectivity index (χ0n) is 10.2. The quantitative estimate of drug-likeness (QED) is 0.932. The highest BCUT2D eigenvalue weighted by atomic mass is 79.9. The summed E-state index contributed by atoms with van der Waals surface area (Å²) in [6.07, 6.45) is 2.62. The summed E-state index contributed by atoms with van der Waals surface area (Å²) < 4.78 is 6.49. The van der Waals surface area contributed by atoms with Crippen LogP contribution in [0.25, 0.3) is 0 Å². The number of methoxy groups -OCH3 is 1. The topological polar surface area (TPSA) is 38.5 Å². The Bertz CT molecular complexity index is 376. The standard InChI is InChI=1S/C13H19BrN2O/c1-17-13-2-4-16(5-3-13)12-7-10(9-15)6-11(14)8-12/h6-8,13H,2-5,9,15H2,1H3. The molecule has 0 unspecified atom stereocenters. The zero-order chi connectivity index (χ0) is 12.3. The summed E-state index contributed by atoms with van der Waals surface area (Å²) in [6, 6.07) is 6.41. The fourth-order valence-electron chi connectivity index (χ4n) is 2.28. The lowest BCUT2D eigenvalue weighted by Gasteiger charge is -2.33.